The van der Waals surface area contributed by atoms with Crippen LogP contribution >= 0.6 is 0 Å². The van der Waals surface area contributed by atoms with E-state index in [4.69, 9.17) is 5.73 Å². The van der Waals surface area contributed by atoms with Crippen LogP contribution in [0.2, 0.25) is 0 Å². The highest BCUT2D eigenvalue weighted by Crippen LogP contribution is 2.40. The topological polar surface area (TPSA) is 69.8 Å². The summed E-state index contributed by atoms with van der Waals surface area (Å²) >= 11 is 0. The molecule has 5 nitrogen and oxygen atoms in total. The molecule has 0 aromatic heterocycles. The number of hydrogen-bond acceptors (Lipinski definition) is 4. The maximum Gasteiger partial charge on any atom is 0.237 e. The van der Waals surface area contributed by atoms with Gasteiger partial charge in [0.15, 0.2) is 0 Å². The molecule has 4 rings (SSSR count). The zero-order chi connectivity index (χ0) is 21.8. The first-order valence-electron chi connectivity index (χ1n) is 11.6. The lowest BCUT2D eigenvalue weighted by molar-refractivity contribution is -0.135. The summed E-state index contributed by atoms with van der Waals surface area (Å²) in [4.78, 5) is 18.6. The molecule has 2 aromatic carbocycles. The van der Waals surface area contributed by atoms with Crippen LogP contribution in [0.5, 0.6) is 0 Å². The molecule has 2 aliphatic heterocycles. The first-order chi connectivity index (χ1) is 15.0. The number of aliphatic hydroxyl groups excluding tert-OH is 1. The maximum atomic E-state index is 14.2. The molecule has 2 heterocycles. The van der Waals surface area contributed by atoms with Crippen LogP contribution in [-0.4, -0.2) is 65.2 Å². The second-order valence-corrected chi connectivity index (χ2v) is 9.20. The van der Waals surface area contributed by atoms with Crippen LogP contribution in [0.25, 0.3) is 0 Å². The molecule has 0 radical (unpaired) electrons. The highest BCUT2D eigenvalue weighted by molar-refractivity contribution is 5.92. The molecule has 3 N–H and O–H groups in total. The fraction of sp³-hybridized carbons (Fsp3) is 0.500. The number of carbonyl (C=O) groups is 1. The van der Waals surface area contributed by atoms with E-state index < -0.39 is 11.5 Å². The summed E-state index contributed by atoms with van der Waals surface area (Å²) < 4.78 is 0. The summed E-state index contributed by atoms with van der Waals surface area (Å²) in [5.74, 6) is 0.198. The van der Waals surface area contributed by atoms with Gasteiger partial charge in [-0.25, -0.2) is 0 Å². The van der Waals surface area contributed by atoms with Crippen LogP contribution < -0.4 is 5.73 Å². The number of carbonyl (C=O) groups excluding carboxylic acids is 1. The fourth-order valence-electron chi connectivity index (χ4n) is 5.32. The molecule has 1 amide bonds. The molecule has 0 saturated carbocycles. The molecule has 31 heavy (non-hydrogen) atoms. The van der Waals surface area contributed by atoms with Crippen LogP contribution in [0.1, 0.15) is 43.7 Å². The number of rotatable bonds is 6. The van der Waals surface area contributed by atoms with Gasteiger partial charge in [-0.05, 0) is 43.7 Å². The molecule has 0 bridgehead atoms. The minimum Gasteiger partial charge on any atom is -0.390 e. The third-order valence-corrected chi connectivity index (χ3v) is 7.18. The van der Waals surface area contributed by atoms with Crippen molar-refractivity contribution in [3.05, 3.63) is 71.8 Å². The normalized spacial score (nSPS) is 23.6. The standard InChI is InChI=1S/C26H35N3O2/c1-20(29-17-14-23(27)24(30)19-29)18-26(21-10-4-2-5-11-21,22-12-6-3-7-13-22)25(31)28-15-8-9-16-28/h2-7,10-13,20,23-24,30H,8-9,14-19,27H2,1H3/t20?,23-,24-/m1/s1. The van der Waals surface area contributed by atoms with Gasteiger partial charge in [0.25, 0.3) is 0 Å². The minimum atomic E-state index is -0.753. The van der Waals surface area contributed by atoms with E-state index in [0.717, 1.165) is 50.0 Å². The Balaban J connectivity index is 1.76. The summed E-state index contributed by atoms with van der Waals surface area (Å²) in [5.41, 5.74) is 7.37. The number of amides is 1. The highest BCUT2D eigenvalue weighted by Gasteiger charge is 2.46. The first-order valence-corrected chi connectivity index (χ1v) is 11.6. The number of nitrogens with zero attached hydrogens (tertiary/aromatic N) is 2. The van der Waals surface area contributed by atoms with Crippen molar-refractivity contribution >= 4 is 5.91 Å². The number of hydrogen-bond donors (Lipinski definition) is 2. The zero-order valence-corrected chi connectivity index (χ0v) is 18.5. The molecule has 0 aliphatic carbocycles. The Morgan fingerprint density at radius 1 is 1.03 bits per heavy atom. The lowest BCUT2D eigenvalue weighted by Crippen LogP contribution is -2.55. The largest absolute Gasteiger partial charge is 0.390 e. The van der Waals surface area contributed by atoms with Crippen LogP contribution in [0.4, 0.5) is 0 Å². The number of piperidine rings is 1. The van der Waals surface area contributed by atoms with Crippen molar-refractivity contribution in [2.24, 2.45) is 5.73 Å². The predicted octanol–water partition coefficient (Wildman–Crippen LogP) is 2.77. The monoisotopic (exact) mass is 421 g/mol. The van der Waals surface area contributed by atoms with Gasteiger partial charge in [0, 0.05) is 38.3 Å². The molecule has 166 valence electrons. The Labute approximate surface area is 185 Å². The molecule has 3 atom stereocenters. The number of likely N-dealkylation sites (tertiary alicyclic amines) is 2. The van der Waals surface area contributed by atoms with Crippen LogP contribution in [0.15, 0.2) is 60.7 Å². The van der Waals surface area contributed by atoms with Gasteiger partial charge in [0.1, 0.15) is 5.41 Å². The summed E-state index contributed by atoms with van der Waals surface area (Å²) in [6.45, 7) is 5.23. The molecule has 2 saturated heterocycles. The lowest BCUT2D eigenvalue weighted by atomic mass is 9.69. The van der Waals surface area contributed by atoms with Gasteiger partial charge in [0.2, 0.25) is 5.91 Å². The fourth-order valence-corrected chi connectivity index (χ4v) is 5.32. The molecule has 0 spiro atoms. The average molecular weight is 422 g/mol. The molecule has 5 heteroatoms. The van der Waals surface area contributed by atoms with Gasteiger partial charge < -0.3 is 15.7 Å². The van der Waals surface area contributed by atoms with E-state index in [0.29, 0.717) is 13.0 Å². The van der Waals surface area contributed by atoms with E-state index >= 15 is 0 Å². The van der Waals surface area contributed by atoms with Crippen LogP contribution in [-0.2, 0) is 10.2 Å². The SMILES string of the molecule is CC(CC(C(=O)N1CCCC1)(c1ccccc1)c1ccccc1)N1CC[C@@H](N)[C@H](O)C1. The highest BCUT2D eigenvalue weighted by atomic mass is 16.3. The summed E-state index contributed by atoms with van der Waals surface area (Å²) in [5, 5.41) is 10.4. The molecular weight excluding hydrogens is 386 g/mol. The predicted molar refractivity (Wildman–Crippen MR) is 124 cm³/mol. The Bertz CT molecular complexity index is 812. The third kappa shape index (κ3) is 4.40. The number of benzene rings is 2. The van der Waals surface area contributed by atoms with Crippen molar-refractivity contribution in [3.63, 3.8) is 0 Å². The van der Waals surface area contributed by atoms with E-state index in [9.17, 15) is 9.90 Å². The zero-order valence-electron chi connectivity index (χ0n) is 18.5. The van der Waals surface area contributed by atoms with Crippen molar-refractivity contribution in [2.45, 2.75) is 56.2 Å². The van der Waals surface area contributed by atoms with Gasteiger partial charge in [-0.15, -0.1) is 0 Å². The van der Waals surface area contributed by atoms with Crippen molar-refractivity contribution in [1.29, 1.82) is 0 Å². The second-order valence-electron chi connectivity index (χ2n) is 9.20. The molecule has 2 aromatic rings. The van der Waals surface area contributed by atoms with Crippen molar-refractivity contribution in [1.82, 2.24) is 9.80 Å². The quantitative estimate of drug-likeness (QED) is 0.753. The Morgan fingerprint density at radius 3 is 2.10 bits per heavy atom. The lowest BCUT2D eigenvalue weighted by Gasteiger charge is -2.43. The van der Waals surface area contributed by atoms with Crippen molar-refractivity contribution in [2.75, 3.05) is 26.2 Å². The molecule has 2 fully saturated rings. The molecular formula is C26H35N3O2. The first kappa shape index (κ1) is 22.0. The van der Waals surface area contributed by atoms with E-state index in [1.807, 2.05) is 41.3 Å². The van der Waals surface area contributed by atoms with E-state index in [1.54, 1.807) is 0 Å². The van der Waals surface area contributed by atoms with Gasteiger partial charge in [-0.1, -0.05) is 60.7 Å². The van der Waals surface area contributed by atoms with Crippen molar-refractivity contribution in [3.8, 4) is 0 Å². The molecule has 1 unspecified atom stereocenters. The average Bonchev–Trinajstić information content (AvgIpc) is 3.35. The van der Waals surface area contributed by atoms with Gasteiger partial charge >= 0.3 is 0 Å². The number of nitrogens with two attached hydrogens (primary N) is 1. The summed E-state index contributed by atoms with van der Waals surface area (Å²) in [7, 11) is 0. The maximum absolute atomic E-state index is 14.2. The van der Waals surface area contributed by atoms with Gasteiger partial charge in [-0.3, -0.25) is 9.69 Å². The van der Waals surface area contributed by atoms with Crippen LogP contribution in [0.3, 0.4) is 0 Å². The Kier molecular flexibility index (Phi) is 6.75. The number of aliphatic hydroxyl groups is 1. The van der Waals surface area contributed by atoms with E-state index in [2.05, 4.69) is 36.1 Å². The van der Waals surface area contributed by atoms with Gasteiger partial charge in [-0.2, -0.15) is 0 Å². The van der Waals surface area contributed by atoms with Gasteiger partial charge in [0.05, 0.1) is 6.10 Å². The second kappa shape index (κ2) is 9.51. The number of β-amino-alcohol motifs (C(OH)–C–C–N with tert-alkyl or cyclic N) is 1. The third-order valence-electron chi connectivity index (χ3n) is 7.18. The van der Waals surface area contributed by atoms with E-state index in [1.165, 1.54) is 0 Å². The summed E-state index contributed by atoms with van der Waals surface area (Å²) in [6, 6.07) is 20.4. The Hall–Kier alpha value is -2.21. The smallest absolute Gasteiger partial charge is 0.237 e. The van der Waals surface area contributed by atoms with E-state index in [-0.39, 0.29) is 18.0 Å². The van der Waals surface area contributed by atoms with Crippen molar-refractivity contribution < 1.29 is 9.90 Å². The molecule has 2 aliphatic rings. The minimum absolute atomic E-state index is 0.120. The Morgan fingerprint density at radius 2 is 1.58 bits per heavy atom. The summed E-state index contributed by atoms with van der Waals surface area (Å²) in [6.07, 6.45) is 3.05. The van der Waals surface area contributed by atoms with Crippen LogP contribution in [0, 0.1) is 0 Å².